The van der Waals surface area contributed by atoms with E-state index in [0.717, 1.165) is 32.4 Å². The molecule has 1 aliphatic heterocycles. The number of ether oxygens (including phenoxy) is 1. The lowest BCUT2D eigenvalue weighted by Crippen LogP contribution is -2.23. The van der Waals surface area contributed by atoms with Crippen molar-refractivity contribution in [3.63, 3.8) is 0 Å². The van der Waals surface area contributed by atoms with E-state index in [9.17, 15) is 4.79 Å². The van der Waals surface area contributed by atoms with Crippen molar-refractivity contribution in [2.24, 2.45) is 0 Å². The lowest BCUT2D eigenvalue weighted by molar-refractivity contribution is 0.0502. The zero-order valence-corrected chi connectivity index (χ0v) is 14.3. The van der Waals surface area contributed by atoms with Crippen molar-refractivity contribution in [1.82, 2.24) is 0 Å². The minimum Gasteiger partial charge on any atom is -0.462 e. The molecule has 0 bridgehead atoms. The zero-order valence-electron chi connectivity index (χ0n) is 14.3. The number of aryl methyl sites for hydroxylation is 1. The summed E-state index contributed by atoms with van der Waals surface area (Å²) in [6, 6.07) is 16.0. The summed E-state index contributed by atoms with van der Waals surface area (Å²) in [6.07, 6.45) is 4.32. The zero-order chi connectivity index (χ0) is 16.8. The molecular weight excluding hydrogens is 298 g/mol. The van der Waals surface area contributed by atoms with E-state index in [1.807, 2.05) is 18.2 Å². The highest BCUT2D eigenvalue weighted by Crippen LogP contribution is 2.29. The van der Waals surface area contributed by atoms with Gasteiger partial charge in [0.1, 0.15) is 0 Å². The third-order valence-electron chi connectivity index (χ3n) is 4.49. The molecule has 126 valence electrons. The summed E-state index contributed by atoms with van der Waals surface area (Å²) >= 11 is 0. The number of hydrogen-bond acceptors (Lipinski definition) is 3. The average Bonchev–Trinajstić information content (AvgIpc) is 3.02. The van der Waals surface area contributed by atoms with Crippen molar-refractivity contribution in [3.05, 3.63) is 65.2 Å². The number of benzene rings is 2. The first-order valence-corrected chi connectivity index (χ1v) is 8.87. The second-order valence-corrected chi connectivity index (χ2v) is 6.31. The van der Waals surface area contributed by atoms with Crippen LogP contribution in [-0.4, -0.2) is 25.7 Å². The standard InChI is InChI=1S/C21H25NO2/c1-2-7-17-10-11-20-19(16-17)12-14-22(20)13-6-15-24-21(23)18-8-4-3-5-9-18/h3-5,8-11,16H,2,6-7,12-15H2,1H3. The Morgan fingerprint density at radius 2 is 2.00 bits per heavy atom. The highest BCUT2D eigenvalue weighted by molar-refractivity contribution is 5.89. The normalized spacial score (nSPS) is 13.0. The van der Waals surface area contributed by atoms with E-state index in [2.05, 4.69) is 30.0 Å². The van der Waals surface area contributed by atoms with Crippen molar-refractivity contribution in [1.29, 1.82) is 0 Å². The van der Waals surface area contributed by atoms with Gasteiger partial charge < -0.3 is 9.64 Å². The summed E-state index contributed by atoms with van der Waals surface area (Å²) in [5, 5.41) is 0. The van der Waals surface area contributed by atoms with Crippen LogP contribution < -0.4 is 4.90 Å². The Balaban J connectivity index is 1.46. The van der Waals surface area contributed by atoms with Crippen LogP contribution in [0.15, 0.2) is 48.5 Å². The molecule has 3 nitrogen and oxygen atoms in total. The fraction of sp³-hybridized carbons (Fsp3) is 0.381. The van der Waals surface area contributed by atoms with E-state index in [1.165, 1.54) is 23.2 Å². The molecule has 0 unspecified atom stereocenters. The van der Waals surface area contributed by atoms with Gasteiger partial charge in [-0.1, -0.05) is 43.7 Å². The largest absolute Gasteiger partial charge is 0.462 e. The first-order valence-electron chi connectivity index (χ1n) is 8.87. The molecule has 0 aliphatic carbocycles. The van der Waals surface area contributed by atoms with Crippen LogP contribution in [0.3, 0.4) is 0 Å². The van der Waals surface area contributed by atoms with Crippen molar-refractivity contribution in [2.75, 3.05) is 24.6 Å². The molecule has 1 aliphatic rings. The second-order valence-electron chi connectivity index (χ2n) is 6.31. The van der Waals surface area contributed by atoms with Gasteiger partial charge in [-0.05, 0) is 48.6 Å². The molecule has 2 aromatic carbocycles. The highest BCUT2D eigenvalue weighted by Gasteiger charge is 2.18. The number of fused-ring (bicyclic) bond motifs is 1. The molecule has 0 fully saturated rings. The second kappa shape index (κ2) is 8.00. The van der Waals surface area contributed by atoms with E-state index in [4.69, 9.17) is 4.74 Å². The first-order chi connectivity index (χ1) is 11.8. The molecule has 1 heterocycles. The van der Waals surface area contributed by atoms with Gasteiger partial charge in [0.2, 0.25) is 0 Å². The van der Waals surface area contributed by atoms with Crippen LogP contribution in [0.2, 0.25) is 0 Å². The van der Waals surface area contributed by atoms with E-state index >= 15 is 0 Å². The SMILES string of the molecule is CCCc1ccc2c(c1)CCN2CCCOC(=O)c1ccccc1. The molecule has 0 spiro atoms. The maximum atomic E-state index is 11.9. The third kappa shape index (κ3) is 3.97. The Kier molecular flexibility index (Phi) is 5.52. The monoisotopic (exact) mass is 323 g/mol. The quantitative estimate of drug-likeness (QED) is 0.563. The number of rotatable bonds is 7. The van der Waals surface area contributed by atoms with Gasteiger partial charge in [0.05, 0.1) is 12.2 Å². The predicted molar refractivity (Wildman–Crippen MR) is 97.7 cm³/mol. The molecule has 0 atom stereocenters. The van der Waals surface area contributed by atoms with Gasteiger partial charge >= 0.3 is 5.97 Å². The van der Waals surface area contributed by atoms with Gasteiger partial charge in [-0.2, -0.15) is 0 Å². The van der Waals surface area contributed by atoms with Crippen LogP contribution >= 0.6 is 0 Å². The number of nitrogens with zero attached hydrogens (tertiary/aromatic N) is 1. The third-order valence-corrected chi connectivity index (χ3v) is 4.49. The Morgan fingerprint density at radius 1 is 1.17 bits per heavy atom. The van der Waals surface area contributed by atoms with Crippen LogP contribution in [0.1, 0.15) is 41.3 Å². The van der Waals surface area contributed by atoms with Crippen molar-refractivity contribution < 1.29 is 9.53 Å². The molecule has 0 amide bonds. The number of carbonyl (C=O) groups is 1. The number of anilines is 1. The molecule has 0 saturated heterocycles. The highest BCUT2D eigenvalue weighted by atomic mass is 16.5. The van der Waals surface area contributed by atoms with Gasteiger partial charge in [-0.3, -0.25) is 0 Å². The summed E-state index contributed by atoms with van der Waals surface area (Å²) in [5.74, 6) is -0.235. The maximum Gasteiger partial charge on any atom is 0.338 e. The van der Waals surface area contributed by atoms with Crippen molar-refractivity contribution in [2.45, 2.75) is 32.6 Å². The molecule has 0 saturated carbocycles. The molecule has 24 heavy (non-hydrogen) atoms. The molecule has 3 heteroatoms. The Bertz CT molecular complexity index is 681. The van der Waals surface area contributed by atoms with Crippen LogP contribution in [0.25, 0.3) is 0 Å². The molecule has 3 rings (SSSR count). The topological polar surface area (TPSA) is 29.5 Å². The van der Waals surface area contributed by atoms with Gasteiger partial charge in [-0.25, -0.2) is 4.79 Å². The summed E-state index contributed by atoms with van der Waals surface area (Å²) in [5.41, 5.74) is 4.87. The number of esters is 1. The van der Waals surface area contributed by atoms with Crippen LogP contribution in [0, 0.1) is 0 Å². The minimum atomic E-state index is -0.235. The van der Waals surface area contributed by atoms with Gasteiger partial charge in [0.25, 0.3) is 0 Å². The van der Waals surface area contributed by atoms with Gasteiger partial charge in [0.15, 0.2) is 0 Å². The van der Waals surface area contributed by atoms with E-state index in [1.54, 1.807) is 12.1 Å². The summed E-state index contributed by atoms with van der Waals surface area (Å²) in [4.78, 5) is 14.3. The average molecular weight is 323 g/mol. The van der Waals surface area contributed by atoms with Crippen LogP contribution in [0.5, 0.6) is 0 Å². The van der Waals surface area contributed by atoms with Crippen LogP contribution in [0.4, 0.5) is 5.69 Å². The first kappa shape index (κ1) is 16.6. The Labute approximate surface area is 144 Å². The van der Waals surface area contributed by atoms with Crippen molar-refractivity contribution >= 4 is 11.7 Å². The van der Waals surface area contributed by atoms with Crippen LogP contribution in [-0.2, 0) is 17.6 Å². The summed E-state index contributed by atoms with van der Waals surface area (Å²) in [7, 11) is 0. The molecule has 0 radical (unpaired) electrons. The van der Waals surface area contributed by atoms with E-state index in [-0.39, 0.29) is 5.97 Å². The minimum absolute atomic E-state index is 0.235. The van der Waals surface area contributed by atoms with E-state index < -0.39 is 0 Å². The number of hydrogen-bond donors (Lipinski definition) is 0. The molecule has 0 aromatic heterocycles. The molecule has 2 aromatic rings. The lowest BCUT2D eigenvalue weighted by Gasteiger charge is -2.19. The maximum absolute atomic E-state index is 11.9. The number of carbonyl (C=O) groups excluding carboxylic acids is 1. The Morgan fingerprint density at radius 3 is 2.79 bits per heavy atom. The van der Waals surface area contributed by atoms with E-state index in [0.29, 0.717) is 12.2 Å². The Hall–Kier alpha value is -2.29. The van der Waals surface area contributed by atoms with Gasteiger partial charge in [0, 0.05) is 18.8 Å². The lowest BCUT2D eigenvalue weighted by atomic mass is 10.1. The molecular formula is C21H25NO2. The molecule has 0 N–H and O–H groups in total. The predicted octanol–water partition coefficient (Wildman–Crippen LogP) is 4.25. The van der Waals surface area contributed by atoms with Crippen molar-refractivity contribution in [3.8, 4) is 0 Å². The fourth-order valence-corrected chi connectivity index (χ4v) is 3.28. The smallest absolute Gasteiger partial charge is 0.338 e. The summed E-state index contributed by atoms with van der Waals surface area (Å²) < 4.78 is 5.36. The summed E-state index contributed by atoms with van der Waals surface area (Å²) in [6.45, 7) is 4.68. The fourth-order valence-electron chi connectivity index (χ4n) is 3.28. The van der Waals surface area contributed by atoms with Gasteiger partial charge in [-0.15, -0.1) is 0 Å².